The molecule has 0 radical (unpaired) electrons. The highest BCUT2D eigenvalue weighted by molar-refractivity contribution is 5.59. The summed E-state index contributed by atoms with van der Waals surface area (Å²) in [5.74, 6) is 0.546. The summed E-state index contributed by atoms with van der Waals surface area (Å²) in [6.45, 7) is 0.671. The van der Waals surface area contributed by atoms with Crippen LogP contribution >= 0.6 is 0 Å². The van der Waals surface area contributed by atoms with E-state index in [1.54, 1.807) is 19.4 Å². The molecule has 3 aromatic rings. The fourth-order valence-corrected chi connectivity index (χ4v) is 2.37. The van der Waals surface area contributed by atoms with Crippen molar-refractivity contribution < 1.29 is 0 Å². The second-order valence-electron chi connectivity index (χ2n) is 5.52. The minimum atomic E-state index is -0.105. The second-order valence-corrected chi connectivity index (χ2v) is 5.52. The molecular weight excluding hydrogens is 302 g/mol. The zero-order chi connectivity index (χ0) is 16.9. The van der Waals surface area contributed by atoms with E-state index in [1.807, 2.05) is 36.4 Å². The van der Waals surface area contributed by atoms with Crippen molar-refractivity contribution in [1.29, 1.82) is 0 Å². The van der Waals surface area contributed by atoms with Crippen LogP contribution in [0.25, 0.3) is 11.3 Å². The van der Waals surface area contributed by atoms with Gasteiger partial charge in [0.2, 0.25) is 5.95 Å². The molecule has 0 unspecified atom stereocenters. The molecule has 1 aromatic carbocycles. The highest BCUT2D eigenvalue weighted by atomic mass is 16.1. The van der Waals surface area contributed by atoms with Gasteiger partial charge in [0.05, 0.1) is 5.69 Å². The van der Waals surface area contributed by atoms with E-state index in [-0.39, 0.29) is 5.56 Å². The predicted molar refractivity (Wildman–Crippen MR) is 95.8 cm³/mol. The third kappa shape index (κ3) is 3.60. The average Bonchev–Trinajstić information content (AvgIpc) is 2.61. The van der Waals surface area contributed by atoms with Gasteiger partial charge in [0.15, 0.2) is 0 Å². The second kappa shape index (κ2) is 6.95. The number of pyridine rings is 1. The summed E-state index contributed by atoms with van der Waals surface area (Å²) >= 11 is 0. The average molecular weight is 321 g/mol. The summed E-state index contributed by atoms with van der Waals surface area (Å²) in [5, 5.41) is 3.23. The van der Waals surface area contributed by atoms with E-state index < -0.39 is 0 Å². The number of nitrogens with two attached hydrogens (primary N) is 1. The number of hydrogen-bond donors (Lipinski definition) is 2. The Morgan fingerprint density at radius 2 is 1.83 bits per heavy atom. The molecule has 6 nitrogen and oxygen atoms in total. The molecule has 122 valence electrons. The van der Waals surface area contributed by atoms with Crippen molar-refractivity contribution >= 4 is 11.6 Å². The molecule has 0 bridgehead atoms. The van der Waals surface area contributed by atoms with Crippen LogP contribution in [0.3, 0.4) is 0 Å². The molecule has 3 N–H and O–H groups in total. The Morgan fingerprint density at radius 3 is 2.54 bits per heavy atom. The van der Waals surface area contributed by atoms with Gasteiger partial charge in [0.25, 0.3) is 5.56 Å². The number of nitrogens with zero attached hydrogens (tertiary/aromatic N) is 3. The van der Waals surface area contributed by atoms with E-state index in [0.717, 1.165) is 17.7 Å². The summed E-state index contributed by atoms with van der Waals surface area (Å²) in [6.07, 6.45) is 4.18. The Morgan fingerprint density at radius 1 is 1.12 bits per heavy atom. The van der Waals surface area contributed by atoms with Crippen molar-refractivity contribution in [2.24, 2.45) is 7.05 Å². The highest BCUT2D eigenvalue weighted by Gasteiger charge is 2.07. The predicted octanol–water partition coefficient (Wildman–Crippen LogP) is 2.08. The van der Waals surface area contributed by atoms with Crippen molar-refractivity contribution in [2.75, 3.05) is 17.6 Å². The van der Waals surface area contributed by atoms with Gasteiger partial charge in [0, 0.05) is 43.3 Å². The fraction of sp³-hybridized carbons (Fsp3) is 0.167. The first-order chi connectivity index (χ1) is 11.6. The van der Waals surface area contributed by atoms with Crippen LogP contribution in [0.1, 0.15) is 5.56 Å². The smallest absolute Gasteiger partial charge is 0.255 e. The lowest BCUT2D eigenvalue weighted by Gasteiger charge is -2.11. The van der Waals surface area contributed by atoms with E-state index in [1.165, 1.54) is 16.2 Å². The van der Waals surface area contributed by atoms with Crippen LogP contribution in [0.2, 0.25) is 0 Å². The SMILES string of the molecule is Cn1c(NCCc2ccc(N)cc2)nc(-c2ccncc2)cc1=O. The van der Waals surface area contributed by atoms with E-state index >= 15 is 0 Å². The van der Waals surface area contributed by atoms with Gasteiger partial charge in [-0.2, -0.15) is 0 Å². The van der Waals surface area contributed by atoms with Crippen LogP contribution in [-0.4, -0.2) is 21.1 Å². The van der Waals surface area contributed by atoms with Crippen LogP contribution in [0, 0.1) is 0 Å². The van der Waals surface area contributed by atoms with E-state index in [4.69, 9.17) is 5.73 Å². The minimum Gasteiger partial charge on any atom is -0.399 e. The molecule has 3 rings (SSSR count). The first kappa shape index (κ1) is 15.7. The summed E-state index contributed by atoms with van der Waals surface area (Å²) in [4.78, 5) is 20.7. The van der Waals surface area contributed by atoms with Gasteiger partial charge >= 0.3 is 0 Å². The summed E-state index contributed by atoms with van der Waals surface area (Å²) in [6, 6.07) is 13.0. The van der Waals surface area contributed by atoms with Crippen LogP contribution < -0.4 is 16.6 Å². The number of rotatable bonds is 5. The zero-order valence-electron chi connectivity index (χ0n) is 13.4. The molecule has 0 aliphatic rings. The standard InChI is InChI=1S/C18H19N5O/c1-23-17(24)12-16(14-7-9-20-10-8-14)22-18(23)21-11-6-13-2-4-15(19)5-3-13/h2-5,7-10,12H,6,11,19H2,1H3,(H,21,22). The molecular formula is C18H19N5O. The first-order valence-electron chi connectivity index (χ1n) is 7.70. The van der Waals surface area contributed by atoms with Crippen LogP contribution in [0.5, 0.6) is 0 Å². The van der Waals surface area contributed by atoms with Crippen molar-refractivity contribution in [3.8, 4) is 11.3 Å². The molecule has 0 fully saturated rings. The van der Waals surface area contributed by atoms with E-state index in [9.17, 15) is 4.79 Å². The monoisotopic (exact) mass is 321 g/mol. The zero-order valence-corrected chi connectivity index (χ0v) is 13.4. The van der Waals surface area contributed by atoms with Gasteiger partial charge in [-0.1, -0.05) is 12.1 Å². The van der Waals surface area contributed by atoms with Crippen LogP contribution in [-0.2, 0) is 13.5 Å². The lowest BCUT2D eigenvalue weighted by molar-refractivity contribution is 0.819. The normalized spacial score (nSPS) is 10.5. The molecule has 0 aliphatic carbocycles. The molecule has 24 heavy (non-hydrogen) atoms. The van der Waals surface area contributed by atoms with Gasteiger partial charge in [0.1, 0.15) is 0 Å². The topological polar surface area (TPSA) is 85.8 Å². The lowest BCUT2D eigenvalue weighted by Crippen LogP contribution is -2.22. The number of nitrogens with one attached hydrogen (secondary N) is 1. The van der Waals surface area contributed by atoms with Crippen LogP contribution in [0.4, 0.5) is 11.6 Å². The molecule has 0 saturated carbocycles. The molecule has 0 atom stereocenters. The van der Waals surface area contributed by atoms with Gasteiger partial charge < -0.3 is 11.1 Å². The molecule has 0 spiro atoms. The van der Waals surface area contributed by atoms with Gasteiger partial charge in [-0.15, -0.1) is 0 Å². The van der Waals surface area contributed by atoms with Gasteiger partial charge in [-0.3, -0.25) is 14.3 Å². The van der Waals surface area contributed by atoms with E-state index in [0.29, 0.717) is 18.2 Å². The summed E-state index contributed by atoms with van der Waals surface area (Å²) < 4.78 is 1.51. The highest BCUT2D eigenvalue weighted by Crippen LogP contribution is 2.15. The Bertz CT molecular complexity index is 872. The number of benzene rings is 1. The van der Waals surface area contributed by atoms with Crippen molar-refractivity contribution in [2.45, 2.75) is 6.42 Å². The van der Waals surface area contributed by atoms with Crippen molar-refractivity contribution in [1.82, 2.24) is 14.5 Å². The Kier molecular flexibility index (Phi) is 4.56. The first-order valence-corrected chi connectivity index (χ1v) is 7.70. The third-order valence-corrected chi connectivity index (χ3v) is 3.79. The Hall–Kier alpha value is -3.15. The van der Waals surface area contributed by atoms with Crippen LogP contribution in [0.15, 0.2) is 59.7 Å². The van der Waals surface area contributed by atoms with Crippen molar-refractivity contribution in [3.63, 3.8) is 0 Å². The molecule has 0 aliphatic heterocycles. The van der Waals surface area contributed by atoms with Crippen molar-refractivity contribution in [3.05, 3.63) is 70.8 Å². The van der Waals surface area contributed by atoms with Gasteiger partial charge in [-0.05, 0) is 36.2 Å². The number of aromatic nitrogens is 3. The number of anilines is 2. The maximum atomic E-state index is 12.2. The summed E-state index contributed by atoms with van der Waals surface area (Å²) in [7, 11) is 1.71. The molecule has 2 aromatic heterocycles. The molecule has 0 saturated heterocycles. The molecule has 0 amide bonds. The number of nitrogen functional groups attached to an aromatic ring is 1. The molecule has 6 heteroatoms. The maximum Gasteiger partial charge on any atom is 0.255 e. The minimum absolute atomic E-state index is 0.105. The Balaban J connectivity index is 1.76. The summed E-state index contributed by atoms with van der Waals surface area (Å²) in [5.41, 5.74) is 9.01. The molecule has 2 heterocycles. The third-order valence-electron chi connectivity index (χ3n) is 3.79. The quantitative estimate of drug-likeness (QED) is 0.703. The Labute approximate surface area is 140 Å². The van der Waals surface area contributed by atoms with E-state index in [2.05, 4.69) is 15.3 Å². The number of hydrogen-bond acceptors (Lipinski definition) is 5. The fourth-order valence-electron chi connectivity index (χ4n) is 2.37. The largest absolute Gasteiger partial charge is 0.399 e. The van der Waals surface area contributed by atoms with Gasteiger partial charge in [-0.25, -0.2) is 4.98 Å². The lowest BCUT2D eigenvalue weighted by atomic mass is 10.1. The maximum absolute atomic E-state index is 12.2.